The molecule has 2 amide bonds. The first-order valence-electron chi connectivity index (χ1n) is 15.1. The van der Waals surface area contributed by atoms with Gasteiger partial charge in [-0.25, -0.2) is 4.79 Å². The number of nitrogens with zero attached hydrogens (tertiary/aromatic N) is 2. The van der Waals surface area contributed by atoms with E-state index in [1.54, 1.807) is 38.3 Å². The first-order valence-corrected chi connectivity index (χ1v) is 15.1. The topological polar surface area (TPSA) is 61.9 Å². The first kappa shape index (κ1) is 35.9. The number of alkyl carbamates (subject to hydrolysis) is 1. The molecule has 0 bridgehead atoms. The van der Waals surface area contributed by atoms with Crippen molar-refractivity contribution in [2.45, 2.75) is 84.8 Å². The highest BCUT2D eigenvalue weighted by Crippen LogP contribution is 2.39. The number of fused-ring (bicyclic) bond motifs is 2. The zero-order valence-corrected chi connectivity index (χ0v) is 26.6. The maximum atomic E-state index is 12.6. The van der Waals surface area contributed by atoms with Gasteiger partial charge in [-0.05, 0) is 101 Å². The molecule has 2 aliphatic heterocycles. The highest BCUT2D eigenvalue weighted by atomic mass is 16.6. The number of carbonyl (C=O) groups is 2. The maximum Gasteiger partial charge on any atom is 0.408 e. The molecule has 228 valence electrons. The SMILES string of the molecule is C=C.C=C/C(CCN(C)C(=O)CNC(=O)OC(C)(C)C)=C(\C=C)C1CCN2CCCC3=C(CC=CC=C3)C2C1.CC. The molecule has 1 aliphatic carbocycles. The summed E-state index contributed by atoms with van der Waals surface area (Å²) in [5.41, 5.74) is 4.91. The van der Waals surface area contributed by atoms with Crippen LogP contribution in [0, 0.1) is 5.92 Å². The first-order chi connectivity index (χ1) is 19.6. The van der Waals surface area contributed by atoms with Gasteiger partial charge in [0.2, 0.25) is 5.91 Å². The van der Waals surface area contributed by atoms with Crippen molar-refractivity contribution >= 4 is 12.0 Å². The Balaban J connectivity index is 0.00000201. The molecule has 2 atom stereocenters. The zero-order valence-electron chi connectivity index (χ0n) is 26.6. The van der Waals surface area contributed by atoms with Crippen LogP contribution in [0.5, 0.6) is 0 Å². The summed E-state index contributed by atoms with van der Waals surface area (Å²) in [4.78, 5) is 28.8. The van der Waals surface area contributed by atoms with Crippen LogP contribution in [0.4, 0.5) is 4.79 Å². The Kier molecular flexibility index (Phi) is 16.1. The molecule has 0 saturated carbocycles. The number of nitrogens with one attached hydrogen (secondary N) is 1. The Hall–Kier alpha value is -3.12. The second-order valence-corrected chi connectivity index (χ2v) is 11.2. The highest BCUT2D eigenvalue weighted by Gasteiger charge is 2.34. The lowest BCUT2D eigenvalue weighted by atomic mass is 9.79. The van der Waals surface area contributed by atoms with Gasteiger partial charge in [-0.15, -0.1) is 13.2 Å². The van der Waals surface area contributed by atoms with Gasteiger partial charge >= 0.3 is 6.09 Å². The number of amides is 2. The van der Waals surface area contributed by atoms with E-state index in [0.29, 0.717) is 24.9 Å². The van der Waals surface area contributed by atoms with E-state index in [0.717, 1.165) is 44.3 Å². The van der Waals surface area contributed by atoms with Gasteiger partial charge < -0.3 is 15.0 Å². The largest absolute Gasteiger partial charge is 0.444 e. The Bertz CT molecular complexity index is 1010. The van der Waals surface area contributed by atoms with Crippen LogP contribution in [-0.2, 0) is 9.53 Å². The summed E-state index contributed by atoms with van der Waals surface area (Å²) in [5.74, 6) is 0.264. The van der Waals surface area contributed by atoms with Crippen LogP contribution in [0.3, 0.4) is 0 Å². The van der Waals surface area contributed by atoms with Gasteiger partial charge in [0.05, 0.1) is 0 Å². The van der Waals surface area contributed by atoms with Crippen LogP contribution in [0.25, 0.3) is 0 Å². The number of allylic oxidation sites excluding steroid dienone is 8. The number of hydrogen-bond donors (Lipinski definition) is 1. The second-order valence-electron chi connectivity index (χ2n) is 11.2. The van der Waals surface area contributed by atoms with Crippen LogP contribution in [0.15, 0.2) is 85.1 Å². The van der Waals surface area contributed by atoms with E-state index >= 15 is 0 Å². The number of rotatable bonds is 8. The lowest BCUT2D eigenvalue weighted by molar-refractivity contribution is -0.128. The standard InChI is InChI=1S/C31H45N3O3.C2H6.C2H4/c1-7-23(16-19-33(6)29(35)22-32-30(36)37-31(3,4)5)26(8-2)25-17-20-34-18-12-14-24-13-10-9-11-15-27(24)28(34)21-25;2*1-2/h7-11,13,25,28H,1-2,12,14-22H2,3-6H3,(H,32,36);1-2H3;1-2H2/b26-23-;;. The fraction of sp³-hybridized carbons (Fsp3) is 0.543. The van der Waals surface area contributed by atoms with Crippen LogP contribution < -0.4 is 5.32 Å². The number of carbonyl (C=O) groups excluding carboxylic acids is 2. The van der Waals surface area contributed by atoms with E-state index in [4.69, 9.17) is 4.74 Å². The molecule has 3 aliphatic rings. The van der Waals surface area contributed by atoms with Gasteiger partial charge in [-0.3, -0.25) is 9.69 Å². The Labute approximate surface area is 250 Å². The molecule has 1 saturated heterocycles. The molecule has 2 heterocycles. The third-order valence-electron chi connectivity index (χ3n) is 7.50. The molecule has 6 nitrogen and oxygen atoms in total. The van der Waals surface area contributed by atoms with Crippen molar-refractivity contribution in [3.05, 3.63) is 85.1 Å². The van der Waals surface area contributed by atoms with Crippen molar-refractivity contribution in [2.75, 3.05) is 33.2 Å². The van der Waals surface area contributed by atoms with Crippen molar-refractivity contribution in [3.8, 4) is 0 Å². The summed E-state index contributed by atoms with van der Waals surface area (Å²) in [6.07, 6.45) is 18.6. The summed E-state index contributed by atoms with van der Waals surface area (Å²) in [6.45, 7) is 26.3. The predicted molar refractivity (Wildman–Crippen MR) is 174 cm³/mol. The van der Waals surface area contributed by atoms with E-state index in [1.165, 1.54) is 17.6 Å². The van der Waals surface area contributed by atoms with Crippen molar-refractivity contribution in [3.63, 3.8) is 0 Å². The molecule has 3 rings (SSSR count). The summed E-state index contributed by atoms with van der Waals surface area (Å²) < 4.78 is 5.22. The summed E-state index contributed by atoms with van der Waals surface area (Å²) in [5, 5.41) is 2.55. The van der Waals surface area contributed by atoms with Gasteiger partial charge in [0.25, 0.3) is 0 Å². The molecule has 2 unspecified atom stereocenters. The van der Waals surface area contributed by atoms with Crippen molar-refractivity contribution in [2.24, 2.45) is 5.92 Å². The lowest BCUT2D eigenvalue weighted by Crippen LogP contribution is -2.44. The normalized spacial score (nSPS) is 20.6. The second kappa shape index (κ2) is 18.3. The average Bonchev–Trinajstić information content (AvgIpc) is 3.29. The minimum atomic E-state index is -0.599. The molecule has 41 heavy (non-hydrogen) atoms. The number of hydrogen-bond acceptors (Lipinski definition) is 4. The van der Waals surface area contributed by atoms with E-state index in [1.807, 2.05) is 26.0 Å². The van der Waals surface area contributed by atoms with Crippen LogP contribution in [0.2, 0.25) is 0 Å². The number of piperidine rings is 1. The third kappa shape index (κ3) is 11.3. The smallest absolute Gasteiger partial charge is 0.408 e. The van der Waals surface area contributed by atoms with Crippen molar-refractivity contribution < 1.29 is 14.3 Å². The van der Waals surface area contributed by atoms with Gasteiger partial charge in [-0.2, -0.15) is 0 Å². The van der Waals surface area contributed by atoms with Gasteiger partial charge in [0.15, 0.2) is 0 Å². The highest BCUT2D eigenvalue weighted by molar-refractivity contribution is 5.82. The fourth-order valence-electron chi connectivity index (χ4n) is 5.61. The summed E-state index contributed by atoms with van der Waals surface area (Å²) >= 11 is 0. The van der Waals surface area contributed by atoms with E-state index in [9.17, 15) is 9.59 Å². The molecule has 6 heteroatoms. The minimum absolute atomic E-state index is 0.0899. The van der Waals surface area contributed by atoms with Crippen LogP contribution in [-0.4, -0.2) is 66.7 Å². The number of ether oxygens (including phenoxy) is 1. The number of likely N-dealkylation sites (N-methyl/N-ethyl adjacent to an activating group) is 1. The molecular weight excluding hydrogens is 510 g/mol. The summed E-state index contributed by atoms with van der Waals surface area (Å²) in [7, 11) is 1.76. The van der Waals surface area contributed by atoms with Gasteiger partial charge in [0, 0.05) is 19.6 Å². The van der Waals surface area contributed by atoms with E-state index in [2.05, 4.69) is 60.8 Å². The molecule has 1 N–H and O–H groups in total. The van der Waals surface area contributed by atoms with Gasteiger partial charge in [-0.1, -0.05) is 63.5 Å². The fourth-order valence-corrected chi connectivity index (χ4v) is 5.61. The molecule has 0 aromatic rings. The molecule has 0 aromatic carbocycles. The monoisotopic (exact) mass is 565 g/mol. The molecule has 0 radical (unpaired) electrons. The molecule has 0 spiro atoms. The van der Waals surface area contributed by atoms with E-state index < -0.39 is 11.7 Å². The quantitative estimate of drug-likeness (QED) is 0.244. The summed E-state index contributed by atoms with van der Waals surface area (Å²) in [6, 6.07) is 0.466. The van der Waals surface area contributed by atoms with E-state index in [-0.39, 0.29) is 12.5 Å². The molecular formula is C35H55N3O3. The van der Waals surface area contributed by atoms with Gasteiger partial charge in [0.1, 0.15) is 12.1 Å². The molecule has 1 fully saturated rings. The van der Waals surface area contributed by atoms with Crippen molar-refractivity contribution in [1.29, 1.82) is 0 Å². The predicted octanol–water partition coefficient (Wildman–Crippen LogP) is 7.54. The van der Waals surface area contributed by atoms with Crippen molar-refractivity contribution in [1.82, 2.24) is 15.1 Å². The maximum absolute atomic E-state index is 12.6. The Morgan fingerprint density at radius 3 is 2.49 bits per heavy atom. The third-order valence-corrected chi connectivity index (χ3v) is 7.50. The van der Waals surface area contributed by atoms with Crippen LogP contribution >= 0.6 is 0 Å². The lowest BCUT2D eigenvalue weighted by Gasteiger charge is -2.41. The Morgan fingerprint density at radius 2 is 1.85 bits per heavy atom. The Morgan fingerprint density at radius 1 is 1.15 bits per heavy atom. The average molecular weight is 566 g/mol. The zero-order chi connectivity index (χ0) is 31.0. The van der Waals surface area contributed by atoms with Crippen LogP contribution in [0.1, 0.15) is 73.1 Å². The molecule has 0 aromatic heterocycles. The minimum Gasteiger partial charge on any atom is -0.444 e.